The van der Waals surface area contributed by atoms with E-state index in [4.69, 9.17) is 4.74 Å². The Kier molecular flexibility index (Phi) is 7.71. The SMILES string of the molecule is COc1ccc(Cn2nnnc2C=C2CN(C(c3ccccc3)(c3ccccc3)c3ccccc3)CCC2O)cc1. The third-order valence-electron chi connectivity index (χ3n) is 7.89. The first-order chi connectivity index (χ1) is 20.2. The number of hydrogen-bond donors (Lipinski definition) is 1. The highest BCUT2D eigenvalue weighted by atomic mass is 16.5. The Labute approximate surface area is 240 Å². The molecule has 1 aliphatic rings. The van der Waals surface area contributed by atoms with Crippen molar-refractivity contribution in [3.63, 3.8) is 0 Å². The molecule has 2 heterocycles. The van der Waals surface area contributed by atoms with Crippen molar-refractivity contribution in [3.05, 3.63) is 149 Å². The van der Waals surface area contributed by atoms with Crippen LogP contribution in [0.4, 0.5) is 0 Å². The van der Waals surface area contributed by atoms with Gasteiger partial charge < -0.3 is 9.84 Å². The van der Waals surface area contributed by atoms with Gasteiger partial charge in [0.05, 0.1) is 25.3 Å². The molecule has 0 aliphatic carbocycles. The van der Waals surface area contributed by atoms with Crippen LogP contribution in [0, 0.1) is 0 Å². The summed E-state index contributed by atoms with van der Waals surface area (Å²) in [6.07, 6.45) is 1.96. The zero-order valence-electron chi connectivity index (χ0n) is 23.0. The summed E-state index contributed by atoms with van der Waals surface area (Å²) in [7, 11) is 1.65. The van der Waals surface area contributed by atoms with Crippen molar-refractivity contribution in [2.24, 2.45) is 0 Å². The summed E-state index contributed by atoms with van der Waals surface area (Å²) < 4.78 is 7.05. The van der Waals surface area contributed by atoms with Gasteiger partial charge in [0.15, 0.2) is 5.82 Å². The van der Waals surface area contributed by atoms with Crippen molar-refractivity contribution >= 4 is 6.08 Å². The minimum Gasteiger partial charge on any atom is -0.497 e. The summed E-state index contributed by atoms with van der Waals surface area (Å²) in [5.41, 5.74) is 4.92. The van der Waals surface area contributed by atoms with Gasteiger partial charge in [-0.3, -0.25) is 4.90 Å². The number of nitrogens with zero attached hydrogens (tertiary/aromatic N) is 5. The fourth-order valence-electron chi connectivity index (χ4n) is 5.88. The molecule has 206 valence electrons. The van der Waals surface area contributed by atoms with E-state index in [1.807, 2.05) is 30.3 Å². The number of hydrogen-bond acceptors (Lipinski definition) is 6. The lowest BCUT2D eigenvalue weighted by Crippen LogP contribution is -2.52. The Morgan fingerprint density at radius 3 is 1.93 bits per heavy atom. The molecule has 0 saturated carbocycles. The molecule has 1 aliphatic heterocycles. The standard InChI is InChI=1S/C34H33N5O2/c1-41-31-19-17-26(18-20-31)24-39-33(35-36-37-39)23-27-25-38(22-21-32(27)40)34(28-11-5-2-6-12-28,29-13-7-3-8-14-29)30-15-9-4-10-16-30/h2-20,23,32,40H,21-22,24-25H2,1H3. The normalized spacial score (nSPS) is 17.0. The molecule has 0 bridgehead atoms. The van der Waals surface area contributed by atoms with Crippen molar-refractivity contribution in [3.8, 4) is 5.75 Å². The van der Waals surface area contributed by atoms with Gasteiger partial charge >= 0.3 is 0 Å². The highest BCUT2D eigenvalue weighted by Crippen LogP contribution is 2.44. The average Bonchev–Trinajstić information content (AvgIpc) is 3.47. The van der Waals surface area contributed by atoms with Crippen molar-refractivity contribution in [2.45, 2.75) is 24.6 Å². The van der Waals surface area contributed by atoms with Crippen LogP contribution in [0.5, 0.6) is 5.75 Å². The summed E-state index contributed by atoms with van der Waals surface area (Å²) in [4.78, 5) is 2.48. The molecule has 1 aromatic heterocycles. The fraction of sp³-hybridized carbons (Fsp3) is 0.206. The number of tetrazole rings is 1. The Hall–Kier alpha value is -4.59. The smallest absolute Gasteiger partial charge is 0.175 e. The summed E-state index contributed by atoms with van der Waals surface area (Å²) in [5, 5.41) is 23.7. The van der Waals surface area contributed by atoms with E-state index in [1.54, 1.807) is 11.8 Å². The minimum atomic E-state index is -0.586. The average molecular weight is 544 g/mol. The lowest BCUT2D eigenvalue weighted by atomic mass is 9.74. The maximum absolute atomic E-state index is 11.2. The van der Waals surface area contributed by atoms with E-state index < -0.39 is 11.6 Å². The van der Waals surface area contributed by atoms with Gasteiger partial charge in [-0.15, -0.1) is 5.10 Å². The van der Waals surface area contributed by atoms with E-state index in [0.29, 0.717) is 31.9 Å². The molecule has 41 heavy (non-hydrogen) atoms. The fourth-order valence-corrected chi connectivity index (χ4v) is 5.88. The lowest BCUT2D eigenvalue weighted by molar-refractivity contribution is 0.0871. The molecule has 4 aromatic carbocycles. The van der Waals surface area contributed by atoms with Crippen LogP contribution in [-0.4, -0.2) is 56.5 Å². The van der Waals surface area contributed by atoms with Crippen LogP contribution in [0.15, 0.2) is 121 Å². The van der Waals surface area contributed by atoms with Crippen LogP contribution < -0.4 is 4.74 Å². The molecule has 0 amide bonds. The van der Waals surface area contributed by atoms with Crippen LogP contribution in [0.3, 0.4) is 0 Å². The van der Waals surface area contributed by atoms with E-state index in [9.17, 15) is 5.11 Å². The molecular weight excluding hydrogens is 510 g/mol. The Bertz CT molecular complexity index is 1490. The molecule has 7 heteroatoms. The molecule has 1 fully saturated rings. The number of aliphatic hydroxyl groups excluding tert-OH is 1. The topological polar surface area (TPSA) is 76.3 Å². The van der Waals surface area contributed by atoms with Crippen LogP contribution in [0.25, 0.3) is 6.08 Å². The molecular formula is C34H33N5O2. The molecule has 6 rings (SSSR count). The van der Waals surface area contributed by atoms with E-state index in [0.717, 1.165) is 16.9 Å². The van der Waals surface area contributed by atoms with Gasteiger partial charge in [-0.2, -0.15) is 0 Å². The summed E-state index contributed by atoms with van der Waals surface area (Å²) >= 11 is 0. The van der Waals surface area contributed by atoms with Gasteiger partial charge in [0.1, 0.15) is 5.75 Å². The molecule has 1 unspecified atom stereocenters. The van der Waals surface area contributed by atoms with Gasteiger partial charge in [-0.05, 0) is 62.9 Å². The monoisotopic (exact) mass is 543 g/mol. The van der Waals surface area contributed by atoms with Crippen molar-refractivity contribution in [1.29, 1.82) is 0 Å². The van der Waals surface area contributed by atoms with E-state index in [1.165, 1.54) is 16.7 Å². The lowest BCUT2D eigenvalue weighted by Gasteiger charge is -2.48. The second-order valence-corrected chi connectivity index (χ2v) is 10.3. The third-order valence-corrected chi connectivity index (χ3v) is 7.89. The quantitative estimate of drug-likeness (QED) is 0.272. The maximum atomic E-state index is 11.2. The van der Waals surface area contributed by atoms with Crippen LogP contribution in [0.1, 0.15) is 34.5 Å². The van der Waals surface area contributed by atoms with Crippen molar-refractivity contribution in [1.82, 2.24) is 25.1 Å². The maximum Gasteiger partial charge on any atom is 0.175 e. The summed E-state index contributed by atoms with van der Waals surface area (Å²) in [5.74, 6) is 1.42. The molecule has 0 radical (unpaired) electrons. The summed E-state index contributed by atoms with van der Waals surface area (Å²) in [6, 6.07) is 39.8. The molecule has 1 N–H and O–H groups in total. The second-order valence-electron chi connectivity index (χ2n) is 10.3. The molecule has 7 nitrogen and oxygen atoms in total. The van der Waals surface area contributed by atoms with E-state index >= 15 is 0 Å². The van der Waals surface area contributed by atoms with Crippen LogP contribution in [0.2, 0.25) is 0 Å². The first kappa shape index (κ1) is 26.6. The third kappa shape index (κ3) is 5.29. The predicted octanol–water partition coefficient (Wildman–Crippen LogP) is 5.17. The Morgan fingerprint density at radius 1 is 0.829 bits per heavy atom. The number of benzene rings is 4. The van der Waals surface area contributed by atoms with Gasteiger partial charge in [0.25, 0.3) is 0 Å². The zero-order valence-corrected chi connectivity index (χ0v) is 23.0. The Morgan fingerprint density at radius 2 is 1.39 bits per heavy atom. The van der Waals surface area contributed by atoms with Gasteiger partial charge in [0, 0.05) is 13.1 Å². The zero-order chi connectivity index (χ0) is 28.1. The number of ether oxygens (including phenoxy) is 1. The minimum absolute atomic E-state index is 0.512. The number of aliphatic hydroxyl groups is 1. The predicted molar refractivity (Wildman–Crippen MR) is 159 cm³/mol. The van der Waals surface area contributed by atoms with Crippen molar-refractivity contribution in [2.75, 3.05) is 20.2 Å². The van der Waals surface area contributed by atoms with Gasteiger partial charge in [-0.25, -0.2) is 4.68 Å². The number of piperidine rings is 1. The number of likely N-dealkylation sites (tertiary alicyclic amines) is 1. The van der Waals surface area contributed by atoms with Crippen LogP contribution >= 0.6 is 0 Å². The number of methoxy groups -OCH3 is 1. The van der Waals surface area contributed by atoms with Gasteiger partial charge in [0.2, 0.25) is 0 Å². The first-order valence-electron chi connectivity index (χ1n) is 13.9. The molecule has 1 atom stereocenters. The molecule has 0 spiro atoms. The highest BCUT2D eigenvalue weighted by molar-refractivity contribution is 5.52. The Balaban J connectivity index is 1.41. The van der Waals surface area contributed by atoms with Crippen molar-refractivity contribution < 1.29 is 9.84 Å². The molecule has 1 saturated heterocycles. The highest BCUT2D eigenvalue weighted by Gasteiger charge is 2.44. The van der Waals surface area contributed by atoms with E-state index in [2.05, 4.69) is 111 Å². The molecule has 5 aromatic rings. The summed E-state index contributed by atoms with van der Waals surface area (Å²) in [6.45, 7) is 1.78. The van der Waals surface area contributed by atoms with Gasteiger partial charge in [-0.1, -0.05) is 103 Å². The van der Waals surface area contributed by atoms with Crippen LogP contribution in [-0.2, 0) is 12.1 Å². The van der Waals surface area contributed by atoms with E-state index in [-0.39, 0.29) is 0 Å². The second kappa shape index (κ2) is 11.9. The largest absolute Gasteiger partial charge is 0.497 e. The number of rotatable bonds is 8. The first-order valence-corrected chi connectivity index (χ1v) is 13.9. The number of aromatic nitrogens is 4.